The first-order valence-corrected chi connectivity index (χ1v) is 2.10. The van der Waals surface area contributed by atoms with Crippen molar-refractivity contribution >= 4 is 0 Å². The fraction of sp³-hybridized carbons (Fsp3) is 1.00. The molecule has 0 amide bonds. The summed E-state index contributed by atoms with van der Waals surface area (Å²) in [5.41, 5.74) is 0. The molecule has 0 rings (SSSR count). The summed E-state index contributed by atoms with van der Waals surface area (Å²) in [7, 11) is 5.37. The Morgan fingerprint density at radius 2 is 1.86 bits per heavy atom. The van der Waals surface area contributed by atoms with E-state index in [0.717, 1.165) is 0 Å². The van der Waals surface area contributed by atoms with Crippen LogP contribution in [0.1, 0.15) is 0 Å². The van der Waals surface area contributed by atoms with Gasteiger partial charge in [-0.2, -0.15) is 4.65 Å². The van der Waals surface area contributed by atoms with Crippen LogP contribution in [0.2, 0.25) is 0 Å². The van der Waals surface area contributed by atoms with Gasteiger partial charge in [0.2, 0.25) is 0 Å². The van der Waals surface area contributed by atoms with Gasteiger partial charge in [-0.3, -0.25) is 0 Å². The summed E-state index contributed by atoms with van der Waals surface area (Å²) < 4.78 is 0.281. The zero-order valence-corrected chi connectivity index (χ0v) is 4.97. The highest BCUT2D eigenvalue weighted by atomic mass is 16.7. The number of rotatable bonds is 2. The minimum absolute atomic E-state index is 0.281. The maximum Gasteiger partial charge on any atom is 0.0980 e. The third-order valence-corrected chi connectivity index (χ3v) is 0.440. The molecule has 0 saturated heterocycles. The molecule has 0 aliphatic heterocycles. The van der Waals surface area contributed by atoms with E-state index >= 15 is 0 Å². The van der Waals surface area contributed by atoms with E-state index in [1.54, 1.807) is 21.1 Å². The standard InChI is InChI=1S/C4H11NO2/c1-5(2,3)7-4-6/h4H2,1-3H3/i4-1. The summed E-state index contributed by atoms with van der Waals surface area (Å²) in [4.78, 5) is 4.61. The fourth-order valence-corrected chi connectivity index (χ4v) is 0.158. The van der Waals surface area contributed by atoms with Crippen molar-refractivity contribution in [2.75, 3.05) is 27.9 Å². The maximum atomic E-state index is 9.71. The van der Waals surface area contributed by atoms with E-state index in [2.05, 4.69) is 4.84 Å². The Bertz CT molecular complexity index is 48.1. The number of quaternary nitrogens is 1. The molecule has 0 aliphatic carbocycles. The summed E-state index contributed by atoms with van der Waals surface area (Å²) in [5, 5.41) is 9.71. The van der Waals surface area contributed by atoms with Crippen LogP contribution in [-0.2, 0) is 4.84 Å². The van der Waals surface area contributed by atoms with E-state index < -0.39 is 6.79 Å². The summed E-state index contributed by atoms with van der Waals surface area (Å²) in [6.07, 6.45) is 0. The highest BCUT2D eigenvalue weighted by Crippen LogP contribution is 1.86. The van der Waals surface area contributed by atoms with Crippen molar-refractivity contribution in [1.82, 2.24) is 0 Å². The second-order valence-electron chi connectivity index (χ2n) is 2.14. The highest BCUT2D eigenvalue weighted by molar-refractivity contribution is 3.81. The maximum absolute atomic E-state index is 9.71. The van der Waals surface area contributed by atoms with E-state index in [1.165, 1.54) is 0 Å². The monoisotopic (exact) mass is 104 g/mol. The molecule has 0 bridgehead atoms. The van der Waals surface area contributed by atoms with Crippen LogP contribution in [0.15, 0.2) is 0 Å². The van der Waals surface area contributed by atoms with Crippen molar-refractivity contribution < 1.29 is 14.6 Å². The van der Waals surface area contributed by atoms with Gasteiger partial charge in [-0.15, -0.1) is 0 Å². The molecule has 0 radical (unpaired) electrons. The molecule has 0 atom stereocenters. The summed E-state index contributed by atoms with van der Waals surface area (Å²) in [5.74, 6) is 0. The molecule has 0 saturated carbocycles. The minimum atomic E-state index is -0.469. The molecular formula is C4H11NO2. The molecule has 0 aromatic rings. The summed E-state index contributed by atoms with van der Waals surface area (Å²) >= 11 is 0. The number of hydrogen-bond acceptors (Lipinski definition) is 2. The van der Waals surface area contributed by atoms with Crippen molar-refractivity contribution in [2.24, 2.45) is 0 Å². The van der Waals surface area contributed by atoms with Gasteiger partial charge in [0, 0.05) is 6.79 Å². The third kappa shape index (κ3) is 5.88. The highest BCUT2D eigenvalue weighted by Gasteiger charge is 2.01. The fourth-order valence-electron chi connectivity index (χ4n) is 0.158. The van der Waals surface area contributed by atoms with Crippen LogP contribution in [0.25, 0.3) is 0 Å². The van der Waals surface area contributed by atoms with Crippen molar-refractivity contribution in [3.63, 3.8) is 0 Å². The topological polar surface area (TPSA) is 32.3 Å². The number of nitrogens with zero attached hydrogens (tertiary/aromatic N) is 1. The van der Waals surface area contributed by atoms with Crippen LogP contribution in [0, 0.1) is 0 Å². The van der Waals surface area contributed by atoms with E-state index in [4.69, 9.17) is 0 Å². The normalized spacial score (nSPS) is 12.0. The van der Waals surface area contributed by atoms with Gasteiger partial charge in [-0.25, -0.2) is 4.84 Å². The molecule has 0 heterocycles. The first kappa shape index (κ1) is 6.88. The van der Waals surface area contributed by atoms with E-state index in [0.29, 0.717) is 0 Å². The first-order chi connectivity index (χ1) is 3.06. The van der Waals surface area contributed by atoms with Gasteiger partial charge in [0.05, 0.1) is 21.1 Å². The van der Waals surface area contributed by atoms with E-state index in [9.17, 15) is 5.11 Å². The Kier molecular flexibility index (Phi) is 2.22. The lowest BCUT2D eigenvalue weighted by Gasteiger charge is -2.22. The predicted molar refractivity (Wildman–Crippen MR) is 24.0 cm³/mol. The quantitative estimate of drug-likeness (QED) is 0.254. The van der Waals surface area contributed by atoms with Crippen molar-refractivity contribution in [2.45, 2.75) is 0 Å². The van der Waals surface area contributed by atoms with Crippen molar-refractivity contribution in [3.8, 4) is 0 Å². The largest absolute Gasteiger partial charge is 0.829 e. The molecule has 0 aliphatic rings. The molecule has 0 aromatic heterocycles. The van der Waals surface area contributed by atoms with Gasteiger partial charge >= 0.3 is 0 Å². The molecule has 0 spiro atoms. The van der Waals surface area contributed by atoms with Crippen LogP contribution in [-0.4, -0.2) is 32.6 Å². The Balaban J connectivity index is 3.15. The van der Waals surface area contributed by atoms with Crippen LogP contribution in [0.3, 0.4) is 0 Å². The van der Waals surface area contributed by atoms with Crippen LogP contribution in [0.5, 0.6) is 0 Å². The molecule has 0 unspecified atom stereocenters. The zero-order chi connectivity index (χ0) is 5.91. The van der Waals surface area contributed by atoms with Gasteiger partial charge in [0.25, 0.3) is 0 Å². The van der Waals surface area contributed by atoms with Crippen molar-refractivity contribution in [1.29, 1.82) is 0 Å². The number of hydrogen-bond donors (Lipinski definition) is 0. The molecule has 0 fully saturated rings. The molecule has 0 N–H and O–H groups in total. The lowest BCUT2D eigenvalue weighted by atomic mass is 10.6. The summed E-state index contributed by atoms with van der Waals surface area (Å²) in [6, 6.07) is 0. The number of hydroxylamine groups is 3. The van der Waals surface area contributed by atoms with E-state index in [1.807, 2.05) is 0 Å². The average molecular weight is 104 g/mol. The van der Waals surface area contributed by atoms with Gasteiger partial charge in [-0.1, -0.05) is 0 Å². The Labute approximate surface area is 43.7 Å². The minimum Gasteiger partial charge on any atom is -0.829 e. The predicted octanol–water partition coefficient (Wildman–Crippen LogP) is -1.06. The Morgan fingerprint density at radius 1 is 1.43 bits per heavy atom. The molecule has 44 valence electrons. The molecule has 7 heavy (non-hydrogen) atoms. The molecule has 0 aromatic carbocycles. The van der Waals surface area contributed by atoms with Gasteiger partial charge in [-0.05, 0) is 0 Å². The van der Waals surface area contributed by atoms with Crippen LogP contribution in [0.4, 0.5) is 0 Å². The Morgan fingerprint density at radius 3 is 1.86 bits per heavy atom. The van der Waals surface area contributed by atoms with Gasteiger partial charge in [0.15, 0.2) is 0 Å². The SMILES string of the molecule is C[N+](C)(C)O[11CH2][O-]. The van der Waals surface area contributed by atoms with Gasteiger partial charge < -0.3 is 5.11 Å². The third-order valence-electron chi connectivity index (χ3n) is 0.440. The second kappa shape index (κ2) is 2.26. The van der Waals surface area contributed by atoms with E-state index in [-0.39, 0.29) is 4.65 Å². The smallest absolute Gasteiger partial charge is 0.0980 e. The molecule has 3 nitrogen and oxygen atoms in total. The van der Waals surface area contributed by atoms with Crippen molar-refractivity contribution in [3.05, 3.63) is 0 Å². The zero-order valence-electron chi connectivity index (χ0n) is 4.97. The lowest BCUT2D eigenvalue weighted by molar-refractivity contribution is -1.07. The molecule has 3 heteroatoms. The van der Waals surface area contributed by atoms with Gasteiger partial charge in [0.1, 0.15) is 0 Å². The Hall–Kier alpha value is -0.120. The average Bonchev–Trinajstić information content (AvgIpc) is 1.30. The first-order valence-electron chi connectivity index (χ1n) is 2.10. The summed E-state index contributed by atoms with van der Waals surface area (Å²) in [6.45, 7) is -0.469. The second-order valence-corrected chi connectivity index (χ2v) is 2.14. The molecular weight excluding hydrogens is 93.0 g/mol. The van der Waals surface area contributed by atoms with Crippen LogP contribution >= 0.6 is 0 Å². The van der Waals surface area contributed by atoms with Crippen LogP contribution < -0.4 is 5.11 Å². The lowest BCUT2D eigenvalue weighted by Crippen LogP contribution is -2.37.